The molecule has 20 heavy (non-hydrogen) atoms. The van der Waals surface area contributed by atoms with Crippen molar-refractivity contribution in [2.24, 2.45) is 7.05 Å². The van der Waals surface area contributed by atoms with Crippen molar-refractivity contribution in [2.75, 3.05) is 12.4 Å². The Bertz CT molecular complexity index is 593. The number of methoxy groups -OCH3 is 1. The summed E-state index contributed by atoms with van der Waals surface area (Å²) in [5, 5.41) is 2.76. The van der Waals surface area contributed by atoms with E-state index in [1.165, 1.54) is 19.2 Å². The van der Waals surface area contributed by atoms with Crippen molar-refractivity contribution < 1.29 is 17.9 Å². The van der Waals surface area contributed by atoms with Gasteiger partial charge in [-0.2, -0.15) is 13.2 Å². The van der Waals surface area contributed by atoms with Crippen molar-refractivity contribution in [3.63, 3.8) is 0 Å². The molecule has 7 heteroatoms. The van der Waals surface area contributed by atoms with Crippen molar-refractivity contribution in [3.8, 4) is 5.75 Å². The van der Waals surface area contributed by atoms with Crippen LogP contribution in [0.5, 0.6) is 5.75 Å². The zero-order valence-electron chi connectivity index (χ0n) is 11.0. The highest BCUT2D eigenvalue weighted by atomic mass is 19.4. The number of benzene rings is 1. The maximum atomic E-state index is 13.0. The lowest BCUT2D eigenvalue weighted by molar-refractivity contribution is -0.137. The van der Waals surface area contributed by atoms with Gasteiger partial charge >= 0.3 is 6.18 Å². The third-order valence-corrected chi connectivity index (χ3v) is 2.89. The Morgan fingerprint density at radius 3 is 2.65 bits per heavy atom. The average Bonchev–Trinajstić information content (AvgIpc) is 2.80. The maximum absolute atomic E-state index is 13.0. The average molecular weight is 285 g/mol. The topological polar surface area (TPSA) is 39.1 Å². The minimum Gasteiger partial charge on any atom is -0.497 e. The zero-order valence-corrected chi connectivity index (χ0v) is 11.0. The summed E-state index contributed by atoms with van der Waals surface area (Å²) in [5.74, 6) is 0.814. The van der Waals surface area contributed by atoms with E-state index < -0.39 is 11.7 Å². The maximum Gasteiger partial charge on any atom is 0.418 e. The summed E-state index contributed by atoms with van der Waals surface area (Å²) in [6.07, 6.45) is -1.12. The predicted octanol–water partition coefficient (Wildman–Crippen LogP) is 3.06. The number of hydrogen-bond acceptors (Lipinski definition) is 3. The molecule has 0 unspecified atom stereocenters. The molecule has 0 aliphatic rings. The van der Waals surface area contributed by atoms with E-state index in [-0.39, 0.29) is 18.0 Å². The lowest BCUT2D eigenvalue weighted by atomic mass is 10.1. The van der Waals surface area contributed by atoms with Crippen LogP contribution < -0.4 is 10.1 Å². The van der Waals surface area contributed by atoms with Crippen LogP contribution in [0.25, 0.3) is 0 Å². The molecule has 0 spiro atoms. The van der Waals surface area contributed by atoms with E-state index in [1.807, 2.05) is 0 Å². The third-order valence-electron chi connectivity index (χ3n) is 2.89. The Labute approximate surface area is 114 Å². The Balaban J connectivity index is 2.25. The van der Waals surface area contributed by atoms with E-state index in [0.717, 1.165) is 6.07 Å². The van der Waals surface area contributed by atoms with Crippen LogP contribution >= 0.6 is 0 Å². The first-order chi connectivity index (χ1) is 9.41. The minimum absolute atomic E-state index is 0.00120. The molecule has 0 aliphatic carbocycles. The quantitative estimate of drug-likeness (QED) is 0.938. The van der Waals surface area contributed by atoms with Crippen molar-refractivity contribution in [3.05, 3.63) is 42.0 Å². The minimum atomic E-state index is -4.45. The Morgan fingerprint density at radius 1 is 1.35 bits per heavy atom. The molecular formula is C13H14F3N3O. The van der Waals surface area contributed by atoms with Gasteiger partial charge in [0.1, 0.15) is 11.6 Å². The summed E-state index contributed by atoms with van der Waals surface area (Å²) in [6.45, 7) is 0.207. The number of alkyl halides is 3. The largest absolute Gasteiger partial charge is 0.497 e. The number of aryl methyl sites for hydroxylation is 1. The van der Waals surface area contributed by atoms with Crippen molar-refractivity contribution in [1.82, 2.24) is 9.55 Å². The highest BCUT2D eigenvalue weighted by Crippen LogP contribution is 2.37. The van der Waals surface area contributed by atoms with Crippen LogP contribution in [-0.2, 0) is 19.8 Å². The monoisotopic (exact) mass is 285 g/mol. The molecule has 0 saturated heterocycles. The number of halogens is 3. The van der Waals surface area contributed by atoms with Crippen LogP contribution in [0.4, 0.5) is 18.9 Å². The molecule has 0 saturated carbocycles. The van der Waals surface area contributed by atoms with E-state index in [2.05, 4.69) is 10.3 Å². The second-order valence-electron chi connectivity index (χ2n) is 4.22. The van der Waals surface area contributed by atoms with Gasteiger partial charge in [0.05, 0.1) is 19.2 Å². The summed E-state index contributed by atoms with van der Waals surface area (Å²) < 4.78 is 45.6. The fraction of sp³-hybridized carbons (Fsp3) is 0.308. The van der Waals surface area contributed by atoms with E-state index >= 15 is 0 Å². The van der Waals surface area contributed by atoms with Crippen LogP contribution in [0.1, 0.15) is 11.4 Å². The molecule has 0 amide bonds. The number of nitrogens with zero attached hydrogens (tertiary/aromatic N) is 2. The SMILES string of the molecule is COc1ccc(NCc2nccn2C)c(C(F)(F)F)c1. The van der Waals surface area contributed by atoms with Crippen LogP contribution in [0.2, 0.25) is 0 Å². The predicted molar refractivity (Wildman–Crippen MR) is 68.5 cm³/mol. The highest BCUT2D eigenvalue weighted by Gasteiger charge is 2.34. The van der Waals surface area contributed by atoms with Gasteiger partial charge < -0.3 is 14.6 Å². The Hall–Kier alpha value is -2.18. The van der Waals surface area contributed by atoms with Gasteiger partial charge in [-0.25, -0.2) is 4.98 Å². The summed E-state index contributed by atoms with van der Waals surface area (Å²) in [4.78, 5) is 4.05. The smallest absolute Gasteiger partial charge is 0.418 e. The molecule has 1 aromatic heterocycles. The van der Waals surface area contributed by atoms with Gasteiger partial charge in [0.2, 0.25) is 0 Å². The Kier molecular flexibility index (Phi) is 3.87. The highest BCUT2D eigenvalue weighted by molar-refractivity contribution is 5.55. The van der Waals surface area contributed by atoms with E-state index in [9.17, 15) is 13.2 Å². The molecule has 0 fully saturated rings. The molecule has 0 aliphatic heterocycles. The molecule has 4 nitrogen and oxygen atoms in total. The number of rotatable bonds is 4. The molecule has 0 bridgehead atoms. The number of imidazole rings is 1. The number of hydrogen-bond donors (Lipinski definition) is 1. The standard InChI is InChI=1S/C13H14F3N3O/c1-19-6-5-17-12(19)8-18-11-4-3-9(20-2)7-10(11)13(14,15)16/h3-7,18H,8H2,1-2H3. The number of ether oxygens (including phenoxy) is 1. The molecule has 2 rings (SSSR count). The molecule has 0 radical (unpaired) electrons. The van der Waals surface area contributed by atoms with E-state index in [4.69, 9.17) is 4.74 Å². The summed E-state index contributed by atoms with van der Waals surface area (Å²) in [7, 11) is 3.11. The summed E-state index contributed by atoms with van der Waals surface area (Å²) in [6, 6.07) is 3.81. The fourth-order valence-corrected chi connectivity index (χ4v) is 1.78. The molecule has 2 aromatic rings. The molecule has 1 N–H and O–H groups in total. The van der Waals surface area contributed by atoms with E-state index in [1.54, 1.807) is 24.0 Å². The molecule has 1 heterocycles. The van der Waals surface area contributed by atoms with Crippen LogP contribution in [0, 0.1) is 0 Å². The van der Waals surface area contributed by atoms with Crippen molar-refractivity contribution >= 4 is 5.69 Å². The second kappa shape index (κ2) is 5.44. The molecule has 0 atom stereocenters. The van der Waals surface area contributed by atoms with Crippen molar-refractivity contribution in [2.45, 2.75) is 12.7 Å². The zero-order chi connectivity index (χ0) is 14.8. The first-order valence-electron chi connectivity index (χ1n) is 5.87. The first kappa shape index (κ1) is 14.2. The summed E-state index contributed by atoms with van der Waals surface area (Å²) in [5.41, 5.74) is -0.757. The Morgan fingerprint density at radius 2 is 2.10 bits per heavy atom. The first-order valence-corrected chi connectivity index (χ1v) is 5.87. The van der Waals surface area contributed by atoms with Gasteiger partial charge in [-0.15, -0.1) is 0 Å². The van der Waals surface area contributed by atoms with Gasteiger partial charge in [0.15, 0.2) is 0 Å². The third kappa shape index (κ3) is 3.04. The van der Waals surface area contributed by atoms with Gasteiger partial charge in [-0.1, -0.05) is 0 Å². The van der Waals surface area contributed by atoms with Gasteiger partial charge in [0.25, 0.3) is 0 Å². The normalized spacial score (nSPS) is 11.4. The summed E-state index contributed by atoms with van der Waals surface area (Å²) >= 11 is 0. The molecule has 108 valence electrons. The van der Waals surface area contributed by atoms with Gasteiger partial charge in [0, 0.05) is 25.1 Å². The number of aromatic nitrogens is 2. The van der Waals surface area contributed by atoms with Crippen LogP contribution in [0.3, 0.4) is 0 Å². The van der Waals surface area contributed by atoms with Crippen LogP contribution in [-0.4, -0.2) is 16.7 Å². The van der Waals surface area contributed by atoms with Crippen molar-refractivity contribution in [1.29, 1.82) is 0 Å². The lowest BCUT2D eigenvalue weighted by Crippen LogP contribution is -2.12. The fourth-order valence-electron chi connectivity index (χ4n) is 1.78. The lowest BCUT2D eigenvalue weighted by Gasteiger charge is -2.15. The molecule has 1 aromatic carbocycles. The van der Waals surface area contributed by atoms with Gasteiger partial charge in [-0.3, -0.25) is 0 Å². The molecular weight excluding hydrogens is 271 g/mol. The number of anilines is 1. The number of nitrogens with one attached hydrogen (secondary N) is 1. The second-order valence-corrected chi connectivity index (χ2v) is 4.22. The van der Waals surface area contributed by atoms with E-state index in [0.29, 0.717) is 5.82 Å². The van der Waals surface area contributed by atoms with Crippen LogP contribution in [0.15, 0.2) is 30.6 Å². The van der Waals surface area contributed by atoms with Gasteiger partial charge in [-0.05, 0) is 18.2 Å².